The zero-order valence-electron chi connectivity index (χ0n) is 16.2. The Morgan fingerprint density at radius 2 is 1.57 bits per heavy atom. The van der Waals surface area contributed by atoms with Gasteiger partial charge >= 0.3 is 0 Å². The van der Waals surface area contributed by atoms with Crippen LogP contribution in [0, 0.1) is 6.92 Å². The van der Waals surface area contributed by atoms with Crippen molar-refractivity contribution in [3.8, 4) is 0 Å². The first kappa shape index (κ1) is 19.0. The number of amides is 1. The van der Waals surface area contributed by atoms with Gasteiger partial charge in [0.1, 0.15) is 23.3 Å². The van der Waals surface area contributed by atoms with Gasteiger partial charge < -0.3 is 16.0 Å². The SMILES string of the molecule is Cc1nc(Nc2ccc(NC(=O)c3cccnc3)cc2)cc(Nc2ccccn2)n1. The molecule has 3 N–H and O–H groups in total. The van der Waals surface area contributed by atoms with Crippen molar-refractivity contribution in [2.45, 2.75) is 6.92 Å². The minimum atomic E-state index is -0.208. The number of aromatic nitrogens is 4. The van der Waals surface area contributed by atoms with E-state index in [2.05, 4.69) is 35.9 Å². The highest BCUT2D eigenvalue weighted by molar-refractivity contribution is 6.04. The molecule has 3 heterocycles. The van der Waals surface area contributed by atoms with Crippen molar-refractivity contribution in [2.75, 3.05) is 16.0 Å². The van der Waals surface area contributed by atoms with Crippen molar-refractivity contribution >= 4 is 34.7 Å². The van der Waals surface area contributed by atoms with E-state index >= 15 is 0 Å². The number of nitrogens with zero attached hydrogens (tertiary/aromatic N) is 4. The lowest BCUT2D eigenvalue weighted by molar-refractivity contribution is 0.102. The summed E-state index contributed by atoms with van der Waals surface area (Å²) in [7, 11) is 0. The number of carbonyl (C=O) groups excluding carboxylic acids is 1. The normalized spacial score (nSPS) is 10.3. The fourth-order valence-electron chi connectivity index (χ4n) is 2.75. The lowest BCUT2D eigenvalue weighted by Crippen LogP contribution is -2.11. The maximum Gasteiger partial charge on any atom is 0.257 e. The number of carbonyl (C=O) groups is 1. The van der Waals surface area contributed by atoms with Gasteiger partial charge in [0.15, 0.2) is 0 Å². The summed E-state index contributed by atoms with van der Waals surface area (Å²) in [6.07, 6.45) is 4.87. The van der Waals surface area contributed by atoms with Gasteiger partial charge in [-0.3, -0.25) is 9.78 Å². The molecule has 148 valence electrons. The Hall–Kier alpha value is -4.33. The van der Waals surface area contributed by atoms with Gasteiger partial charge in [0.25, 0.3) is 5.91 Å². The number of hydrogen-bond donors (Lipinski definition) is 3. The maximum absolute atomic E-state index is 12.2. The average molecular weight is 397 g/mol. The van der Waals surface area contributed by atoms with E-state index in [1.54, 1.807) is 30.6 Å². The van der Waals surface area contributed by atoms with Gasteiger partial charge in [-0.05, 0) is 55.5 Å². The van der Waals surface area contributed by atoms with Crippen molar-refractivity contribution in [3.63, 3.8) is 0 Å². The van der Waals surface area contributed by atoms with E-state index < -0.39 is 0 Å². The van der Waals surface area contributed by atoms with Crippen LogP contribution in [-0.2, 0) is 0 Å². The van der Waals surface area contributed by atoms with Crippen molar-refractivity contribution in [1.82, 2.24) is 19.9 Å². The summed E-state index contributed by atoms with van der Waals surface area (Å²) in [6, 6.07) is 18.2. The van der Waals surface area contributed by atoms with Crippen LogP contribution in [0.1, 0.15) is 16.2 Å². The predicted octanol–water partition coefficient (Wildman–Crippen LogP) is 4.31. The zero-order valence-corrected chi connectivity index (χ0v) is 16.2. The first-order valence-electron chi connectivity index (χ1n) is 9.28. The second-order valence-electron chi connectivity index (χ2n) is 6.42. The highest BCUT2D eigenvalue weighted by Crippen LogP contribution is 2.21. The Labute approximate surface area is 173 Å². The van der Waals surface area contributed by atoms with Crippen molar-refractivity contribution < 1.29 is 4.79 Å². The molecule has 0 fully saturated rings. The van der Waals surface area contributed by atoms with Gasteiger partial charge in [-0.2, -0.15) is 0 Å². The maximum atomic E-state index is 12.2. The van der Waals surface area contributed by atoms with Gasteiger partial charge in [-0.15, -0.1) is 0 Å². The van der Waals surface area contributed by atoms with Crippen LogP contribution in [0.25, 0.3) is 0 Å². The lowest BCUT2D eigenvalue weighted by atomic mass is 10.2. The molecule has 0 unspecified atom stereocenters. The summed E-state index contributed by atoms with van der Waals surface area (Å²) in [5.74, 6) is 2.41. The Morgan fingerprint density at radius 3 is 2.27 bits per heavy atom. The van der Waals surface area contributed by atoms with Gasteiger partial charge in [0.2, 0.25) is 0 Å². The van der Waals surface area contributed by atoms with Gasteiger partial charge in [0.05, 0.1) is 5.56 Å². The third kappa shape index (κ3) is 4.93. The summed E-state index contributed by atoms with van der Waals surface area (Å²) in [5.41, 5.74) is 2.02. The van der Waals surface area contributed by atoms with Crippen molar-refractivity contribution in [2.24, 2.45) is 0 Å². The van der Waals surface area contributed by atoms with Crippen LogP contribution < -0.4 is 16.0 Å². The average Bonchev–Trinajstić information content (AvgIpc) is 2.76. The Kier molecular flexibility index (Phi) is 5.56. The van der Waals surface area contributed by atoms with Crippen LogP contribution in [0.2, 0.25) is 0 Å². The van der Waals surface area contributed by atoms with E-state index in [-0.39, 0.29) is 5.91 Å². The van der Waals surface area contributed by atoms with Crippen molar-refractivity contribution in [3.05, 3.63) is 90.6 Å². The minimum Gasteiger partial charge on any atom is -0.340 e. The summed E-state index contributed by atoms with van der Waals surface area (Å²) in [6.45, 7) is 1.83. The number of pyridine rings is 2. The molecule has 3 aromatic heterocycles. The molecule has 0 saturated carbocycles. The number of benzene rings is 1. The molecule has 30 heavy (non-hydrogen) atoms. The van der Waals surface area contributed by atoms with Crippen LogP contribution >= 0.6 is 0 Å². The van der Waals surface area contributed by atoms with Gasteiger partial charge in [-0.25, -0.2) is 15.0 Å². The summed E-state index contributed by atoms with van der Waals surface area (Å²) in [4.78, 5) is 29.2. The quantitative estimate of drug-likeness (QED) is 0.445. The first-order chi connectivity index (χ1) is 14.7. The smallest absolute Gasteiger partial charge is 0.257 e. The fourth-order valence-corrected chi connectivity index (χ4v) is 2.75. The van der Waals surface area contributed by atoms with Gasteiger partial charge in [-0.1, -0.05) is 6.07 Å². The first-order valence-corrected chi connectivity index (χ1v) is 9.28. The molecule has 0 atom stereocenters. The number of anilines is 5. The van der Waals surface area contributed by atoms with Crippen LogP contribution in [0.5, 0.6) is 0 Å². The van der Waals surface area contributed by atoms with E-state index in [0.29, 0.717) is 34.5 Å². The molecule has 0 aliphatic heterocycles. The number of nitrogens with one attached hydrogen (secondary N) is 3. The standard InChI is InChI=1S/C22H19N7O/c1-15-25-20(13-21(26-15)29-19-6-2-3-12-24-19)27-17-7-9-18(10-8-17)28-22(30)16-5-4-11-23-14-16/h2-14H,1H3,(H,28,30)(H2,24,25,26,27,29). The van der Waals surface area contributed by atoms with E-state index in [1.807, 2.05) is 49.4 Å². The minimum absolute atomic E-state index is 0.208. The number of hydrogen-bond acceptors (Lipinski definition) is 7. The van der Waals surface area contributed by atoms with Gasteiger partial charge in [0, 0.05) is 36.0 Å². The topological polar surface area (TPSA) is 105 Å². The molecular weight excluding hydrogens is 378 g/mol. The third-order valence-electron chi connectivity index (χ3n) is 4.10. The van der Waals surface area contributed by atoms with Crippen LogP contribution in [0.3, 0.4) is 0 Å². The molecule has 0 bridgehead atoms. The molecule has 1 amide bonds. The highest BCUT2D eigenvalue weighted by atomic mass is 16.1. The number of aryl methyl sites for hydroxylation is 1. The van der Waals surface area contributed by atoms with E-state index in [0.717, 1.165) is 5.69 Å². The Bertz CT molecular complexity index is 1130. The van der Waals surface area contributed by atoms with E-state index in [1.165, 1.54) is 6.20 Å². The lowest BCUT2D eigenvalue weighted by Gasteiger charge is -2.11. The van der Waals surface area contributed by atoms with Crippen molar-refractivity contribution in [1.29, 1.82) is 0 Å². The van der Waals surface area contributed by atoms with E-state index in [9.17, 15) is 4.79 Å². The Balaban J connectivity index is 1.43. The van der Waals surface area contributed by atoms with Crippen LogP contribution in [-0.4, -0.2) is 25.8 Å². The third-order valence-corrected chi connectivity index (χ3v) is 4.10. The molecule has 8 nitrogen and oxygen atoms in total. The predicted molar refractivity (Wildman–Crippen MR) is 116 cm³/mol. The Morgan fingerprint density at radius 1 is 0.800 bits per heavy atom. The molecule has 4 rings (SSSR count). The number of rotatable bonds is 6. The molecule has 0 radical (unpaired) electrons. The molecule has 0 aliphatic carbocycles. The molecule has 8 heteroatoms. The summed E-state index contributed by atoms with van der Waals surface area (Å²) in [5, 5.41) is 9.26. The summed E-state index contributed by atoms with van der Waals surface area (Å²) >= 11 is 0. The monoisotopic (exact) mass is 397 g/mol. The molecule has 0 spiro atoms. The summed E-state index contributed by atoms with van der Waals surface area (Å²) < 4.78 is 0. The molecular formula is C22H19N7O. The molecule has 1 aromatic carbocycles. The van der Waals surface area contributed by atoms with Crippen LogP contribution in [0.4, 0.5) is 28.8 Å². The highest BCUT2D eigenvalue weighted by Gasteiger charge is 2.07. The molecule has 0 saturated heterocycles. The second kappa shape index (κ2) is 8.78. The molecule has 4 aromatic rings. The largest absolute Gasteiger partial charge is 0.340 e. The fraction of sp³-hybridized carbons (Fsp3) is 0.0455. The molecule has 0 aliphatic rings. The second-order valence-corrected chi connectivity index (χ2v) is 6.42. The zero-order chi connectivity index (χ0) is 20.8. The van der Waals surface area contributed by atoms with Crippen LogP contribution in [0.15, 0.2) is 79.3 Å². The van der Waals surface area contributed by atoms with E-state index in [4.69, 9.17) is 0 Å².